The van der Waals surface area contributed by atoms with Crippen molar-refractivity contribution in [1.29, 1.82) is 0 Å². The molecule has 1 aromatic carbocycles. The van der Waals surface area contributed by atoms with E-state index in [1.165, 1.54) is 0 Å². The summed E-state index contributed by atoms with van der Waals surface area (Å²) in [6.07, 6.45) is 0.803. The summed E-state index contributed by atoms with van der Waals surface area (Å²) in [5.74, 6) is -1.89. The molecule has 0 spiro atoms. The van der Waals surface area contributed by atoms with Crippen LogP contribution < -0.4 is 5.30 Å². The molecule has 0 saturated carbocycles. The zero-order chi connectivity index (χ0) is 16.4. The number of carboxylic acid groups (broad SMARTS) is 1. The summed E-state index contributed by atoms with van der Waals surface area (Å²) in [4.78, 5) is 11.3. The van der Waals surface area contributed by atoms with E-state index < -0.39 is 19.3 Å². The van der Waals surface area contributed by atoms with E-state index in [4.69, 9.17) is 14.7 Å². The van der Waals surface area contributed by atoms with E-state index in [-0.39, 0.29) is 32.4 Å². The molecular formula is C15H23O6P. The Bertz CT molecular complexity index is 490. The van der Waals surface area contributed by atoms with Crippen LogP contribution in [0.5, 0.6) is 0 Å². The monoisotopic (exact) mass is 330 g/mol. The Morgan fingerprint density at radius 3 is 2.32 bits per heavy atom. The summed E-state index contributed by atoms with van der Waals surface area (Å²) in [6, 6.07) is 8.54. The lowest BCUT2D eigenvalue weighted by molar-refractivity contribution is -0.141. The Balaban J connectivity index is 2.93. The number of rotatable bonds is 11. The van der Waals surface area contributed by atoms with Gasteiger partial charge in [-0.3, -0.25) is 9.36 Å². The predicted molar refractivity (Wildman–Crippen MR) is 83.6 cm³/mol. The van der Waals surface area contributed by atoms with E-state index in [0.29, 0.717) is 18.1 Å². The SMILES string of the molecule is O=C(O)C(CCCO)CP(=O)(OCCCO)c1ccccc1. The second kappa shape index (κ2) is 9.74. The van der Waals surface area contributed by atoms with Crippen molar-refractivity contribution in [3.05, 3.63) is 30.3 Å². The number of benzene rings is 1. The van der Waals surface area contributed by atoms with Gasteiger partial charge in [0.2, 0.25) is 7.37 Å². The zero-order valence-electron chi connectivity index (χ0n) is 12.4. The fraction of sp³-hybridized carbons (Fsp3) is 0.533. The molecule has 0 aliphatic carbocycles. The normalized spacial score (nSPS) is 15.2. The Morgan fingerprint density at radius 1 is 1.14 bits per heavy atom. The molecule has 0 radical (unpaired) electrons. The number of carboxylic acids is 1. The van der Waals surface area contributed by atoms with Gasteiger partial charge in [-0.15, -0.1) is 0 Å². The van der Waals surface area contributed by atoms with Crippen LogP contribution in [0.4, 0.5) is 0 Å². The number of hydrogen-bond acceptors (Lipinski definition) is 5. The fourth-order valence-electron chi connectivity index (χ4n) is 2.09. The first-order chi connectivity index (χ1) is 10.5. The molecule has 0 heterocycles. The summed E-state index contributed by atoms with van der Waals surface area (Å²) in [5.41, 5.74) is 0. The van der Waals surface area contributed by atoms with E-state index in [0.717, 1.165) is 0 Å². The molecule has 0 saturated heterocycles. The Morgan fingerprint density at radius 2 is 1.77 bits per heavy atom. The van der Waals surface area contributed by atoms with E-state index >= 15 is 0 Å². The van der Waals surface area contributed by atoms with Crippen LogP contribution in [-0.4, -0.2) is 47.3 Å². The molecule has 0 aliphatic heterocycles. The predicted octanol–water partition coefficient (Wildman–Crippen LogP) is 1.46. The van der Waals surface area contributed by atoms with Crippen LogP contribution in [0.3, 0.4) is 0 Å². The average Bonchev–Trinajstić information content (AvgIpc) is 2.52. The molecule has 2 atom stereocenters. The van der Waals surface area contributed by atoms with Gasteiger partial charge in [0, 0.05) is 24.7 Å². The maximum Gasteiger partial charge on any atom is 0.307 e. The first-order valence-corrected chi connectivity index (χ1v) is 9.08. The lowest BCUT2D eigenvalue weighted by atomic mass is 10.1. The van der Waals surface area contributed by atoms with Gasteiger partial charge in [0.25, 0.3) is 0 Å². The largest absolute Gasteiger partial charge is 0.481 e. The highest BCUT2D eigenvalue weighted by atomic mass is 31.2. The molecule has 0 aromatic heterocycles. The van der Waals surface area contributed by atoms with Gasteiger partial charge < -0.3 is 19.8 Å². The molecule has 1 aromatic rings. The highest BCUT2D eigenvalue weighted by molar-refractivity contribution is 7.67. The summed E-state index contributed by atoms with van der Waals surface area (Å²) >= 11 is 0. The average molecular weight is 330 g/mol. The summed E-state index contributed by atoms with van der Waals surface area (Å²) < 4.78 is 18.6. The fourth-order valence-corrected chi connectivity index (χ4v) is 4.52. The van der Waals surface area contributed by atoms with Gasteiger partial charge >= 0.3 is 5.97 Å². The second-order valence-electron chi connectivity index (χ2n) is 5.00. The second-order valence-corrected chi connectivity index (χ2v) is 7.49. The van der Waals surface area contributed by atoms with Gasteiger partial charge in [0.05, 0.1) is 12.5 Å². The van der Waals surface area contributed by atoms with Crippen molar-refractivity contribution in [3.8, 4) is 0 Å². The molecule has 2 unspecified atom stereocenters. The molecule has 7 heteroatoms. The smallest absolute Gasteiger partial charge is 0.307 e. The van der Waals surface area contributed by atoms with Gasteiger partial charge in [0.1, 0.15) is 0 Å². The molecule has 0 bridgehead atoms. The van der Waals surface area contributed by atoms with Crippen LogP contribution in [0.15, 0.2) is 30.3 Å². The first kappa shape index (κ1) is 18.8. The van der Waals surface area contributed by atoms with Gasteiger partial charge in [-0.05, 0) is 31.4 Å². The third-order valence-electron chi connectivity index (χ3n) is 3.27. The topological polar surface area (TPSA) is 104 Å². The zero-order valence-corrected chi connectivity index (χ0v) is 13.3. The maximum absolute atomic E-state index is 13.1. The number of hydrogen-bond donors (Lipinski definition) is 3. The van der Waals surface area contributed by atoms with Crippen molar-refractivity contribution >= 4 is 18.6 Å². The third kappa shape index (κ3) is 5.89. The van der Waals surface area contributed by atoms with Crippen LogP contribution in [0, 0.1) is 5.92 Å². The van der Waals surface area contributed by atoms with Crippen molar-refractivity contribution in [3.63, 3.8) is 0 Å². The minimum Gasteiger partial charge on any atom is -0.481 e. The standard InChI is InChI=1S/C15H23O6P/c16-9-4-6-13(15(18)19)12-22(20,21-11-5-10-17)14-7-2-1-3-8-14/h1-3,7-8,13,16-17H,4-6,9-12H2,(H,18,19). The highest BCUT2D eigenvalue weighted by Gasteiger charge is 2.32. The van der Waals surface area contributed by atoms with Crippen LogP contribution in [0.1, 0.15) is 19.3 Å². The molecule has 0 aliphatic rings. The molecule has 124 valence electrons. The van der Waals surface area contributed by atoms with E-state index in [9.17, 15) is 14.5 Å². The molecule has 0 fully saturated rings. The van der Waals surface area contributed by atoms with E-state index in [1.807, 2.05) is 0 Å². The van der Waals surface area contributed by atoms with Gasteiger partial charge in [-0.2, -0.15) is 0 Å². The van der Waals surface area contributed by atoms with Crippen molar-refractivity contribution in [2.24, 2.45) is 5.92 Å². The van der Waals surface area contributed by atoms with Crippen LogP contribution in [0.2, 0.25) is 0 Å². The lowest BCUT2D eigenvalue weighted by Crippen LogP contribution is -2.23. The molecule has 22 heavy (non-hydrogen) atoms. The Labute approximate surface area is 130 Å². The van der Waals surface area contributed by atoms with Crippen LogP contribution >= 0.6 is 7.37 Å². The number of aliphatic hydroxyl groups excluding tert-OH is 2. The summed E-state index contributed by atoms with van der Waals surface area (Å²) in [6.45, 7) is -0.0819. The number of aliphatic hydroxyl groups is 2. The van der Waals surface area contributed by atoms with Crippen molar-refractivity contribution < 1.29 is 29.2 Å². The Kier molecular flexibility index (Phi) is 8.35. The van der Waals surface area contributed by atoms with Crippen molar-refractivity contribution in [2.45, 2.75) is 19.3 Å². The van der Waals surface area contributed by atoms with Gasteiger partial charge in [0.15, 0.2) is 0 Å². The Hall–Kier alpha value is -1.20. The van der Waals surface area contributed by atoms with Crippen LogP contribution in [-0.2, 0) is 13.9 Å². The van der Waals surface area contributed by atoms with Gasteiger partial charge in [-0.25, -0.2) is 0 Å². The summed E-state index contributed by atoms with van der Waals surface area (Å²) in [5, 5.41) is 27.5. The number of aliphatic carboxylic acids is 1. The highest BCUT2D eigenvalue weighted by Crippen LogP contribution is 2.48. The van der Waals surface area contributed by atoms with E-state index in [2.05, 4.69) is 0 Å². The molecule has 0 amide bonds. The maximum atomic E-state index is 13.1. The molecular weight excluding hydrogens is 307 g/mol. The minimum atomic E-state index is -3.33. The molecule has 6 nitrogen and oxygen atoms in total. The third-order valence-corrected chi connectivity index (χ3v) is 5.88. The molecule has 3 N–H and O–H groups in total. The first-order valence-electron chi connectivity index (χ1n) is 7.27. The van der Waals surface area contributed by atoms with Crippen molar-refractivity contribution in [1.82, 2.24) is 0 Å². The lowest BCUT2D eigenvalue weighted by Gasteiger charge is -2.22. The minimum absolute atomic E-state index is 0.0817. The van der Waals surface area contributed by atoms with Crippen molar-refractivity contribution in [2.75, 3.05) is 26.0 Å². The number of carbonyl (C=O) groups is 1. The van der Waals surface area contributed by atoms with Crippen LogP contribution in [0.25, 0.3) is 0 Å². The van der Waals surface area contributed by atoms with Gasteiger partial charge in [-0.1, -0.05) is 18.2 Å². The molecule has 1 rings (SSSR count). The van der Waals surface area contributed by atoms with E-state index in [1.54, 1.807) is 30.3 Å². The summed E-state index contributed by atoms with van der Waals surface area (Å²) in [7, 11) is -3.33. The quantitative estimate of drug-likeness (QED) is 0.419.